The summed E-state index contributed by atoms with van der Waals surface area (Å²) in [6.45, 7) is -0.0718. The number of rotatable bonds is 7. The lowest BCUT2D eigenvalue weighted by molar-refractivity contribution is -0.119. The van der Waals surface area contributed by atoms with Gasteiger partial charge < -0.3 is 20.5 Å². The Morgan fingerprint density at radius 1 is 1.50 bits per heavy atom. The van der Waals surface area contributed by atoms with Crippen molar-refractivity contribution in [3.8, 4) is 11.8 Å². The zero-order chi connectivity index (χ0) is 16.5. The first-order valence-electron chi connectivity index (χ1n) is 6.06. The van der Waals surface area contributed by atoms with Crippen molar-refractivity contribution in [2.45, 2.75) is 0 Å². The molecule has 116 valence electrons. The summed E-state index contributed by atoms with van der Waals surface area (Å²) < 4.78 is 9.90. The lowest BCUT2D eigenvalue weighted by atomic mass is 10.2. The Labute approximate surface area is 127 Å². The zero-order valence-corrected chi connectivity index (χ0v) is 12.1. The van der Waals surface area contributed by atoms with Crippen LogP contribution in [0, 0.1) is 16.7 Å². The molecule has 1 rings (SSSR count). The van der Waals surface area contributed by atoms with E-state index in [9.17, 15) is 4.79 Å². The first-order chi connectivity index (χ1) is 10.5. The van der Waals surface area contributed by atoms with E-state index >= 15 is 0 Å². The fourth-order valence-electron chi connectivity index (χ4n) is 1.45. The molecule has 0 heterocycles. The number of carbonyl (C=O) groups is 1. The van der Waals surface area contributed by atoms with E-state index in [-0.39, 0.29) is 18.2 Å². The van der Waals surface area contributed by atoms with Crippen LogP contribution < -0.4 is 21.2 Å². The maximum Gasteiger partial charge on any atom is 0.250 e. The number of amides is 1. The van der Waals surface area contributed by atoms with Crippen LogP contribution in [0.15, 0.2) is 23.3 Å². The first-order valence-corrected chi connectivity index (χ1v) is 6.06. The van der Waals surface area contributed by atoms with Crippen molar-refractivity contribution in [3.05, 3.63) is 18.2 Å². The van der Waals surface area contributed by atoms with Crippen LogP contribution in [0.25, 0.3) is 0 Å². The fourth-order valence-corrected chi connectivity index (χ4v) is 1.45. The predicted molar refractivity (Wildman–Crippen MR) is 82.1 cm³/mol. The van der Waals surface area contributed by atoms with Crippen molar-refractivity contribution < 1.29 is 14.3 Å². The Hall–Kier alpha value is -3.12. The highest BCUT2D eigenvalue weighted by Gasteiger charge is 2.08. The molecular weight excluding hydrogens is 288 g/mol. The number of amidine groups is 1. The smallest absolute Gasteiger partial charge is 0.250 e. The van der Waals surface area contributed by atoms with Crippen molar-refractivity contribution in [1.82, 2.24) is 0 Å². The second-order valence-corrected chi connectivity index (χ2v) is 3.99. The van der Waals surface area contributed by atoms with Gasteiger partial charge in [0.15, 0.2) is 5.84 Å². The average molecular weight is 304 g/mol. The van der Waals surface area contributed by atoms with Gasteiger partial charge >= 0.3 is 0 Å². The van der Waals surface area contributed by atoms with Crippen LogP contribution in [-0.2, 0) is 9.53 Å². The number of nitriles is 1. The second-order valence-electron chi connectivity index (χ2n) is 3.99. The Balaban J connectivity index is 2.91. The molecule has 0 bridgehead atoms. The van der Waals surface area contributed by atoms with Crippen LogP contribution in [0.4, 0.5) is 11.4 Å². The quantitative estimate of drug-likeness (QED) is 0.328. The van der Waals surface area contributed by atoms with Gasteiger partial charge in [0.1, 0.15) is 18.4 Å². The van der Waals surface area contributed by atoms with E-state index in [0.717, 1.165) is 0 Å². The van der Waals surface area contributed by atoms with Crippen molar-refractivity contribution in [2.75, 3.05) is 31.6 Å². The Morgan fingerprint density at radius 2 is 2.23 bits per heavy atom. The minimum absolute atomic E-state index is 0.0718. The molecule has 1 aromatic rings. The molecule has 5 N–H and O–H groups in total. The molecule has 22 heavy (non-hydrogen) atoms. The number of nitrogens with two attached hydrogens (primary N) is 1. The van der Waals surface area contributed by atoms with Gasteiger partial charge in [0, 0.05) is 13.2 Å². The minimum Gasteiger partial charge on any atom is -0.494 e. The molecular formula is C13H16N6O3. The fraction of sp³-hybridized carbons (Fsp3) is 0.231. The topological polar surface area (TPSA) is 146 Å². The molecule has 0 aliphatic carbocycles. The third-order valence-electron chi connectivity index (χ3n) is 2.41. The molecule has 0 aliphatic rings. The standard InChI is InChI=1S/C13H16N6O3/c1-21-7-12(20)17-9-4-3-8(5-11(9)22-2)18-19-10(6-14)13(15)16/h3-5,18H,7H2,1-2H3,(H3,15,16)(H,17,20)/b19-10+. The van der Waals surface area contributed by atoms with Crippen LogP contribution in [-0.4, -0.2) is 38.3 Å². The predicted octanol–water partition coefficient (Wildman–Crippen LogP) is 0.508. The summed E-state index contributed by atoms with van der Waals surface area (Å²) in [6, 6.07) is 6.47. The minimum atomic E-state index is -0.439. The van der Waals surface area contributed by atoms with Crippen molar-refractivity contribution in [3.63, 3.8) is 0 Å². The van der Waals surface area contributed by atoms with Gasteiger partial charge in [-0.15, -0.1) is 0 Å². The number of nitrogens with zero attached hydrogens (tertiary/aromatic N) is 2. The van der Waals surface area contributed by atoms with Crippen LogP contribution in [0.1, 0.15) is 0 Å². The van der Waals surface area contributed by atoms with Crippen molar-refractivity contribution >= 4 is 28.8 Å². The molecule has 0 aliphatic heterocycles. The van der Waals surface area contributed by atoms with Crippen LogP contribution in [0.2, 0.25) is 0 Å². The number of nitrogens with one attached hydrogen (secondary N) is 3. The highest BCUT2D eigenvalue weighted by atomic mass is 16.5. The first kappa shape index (κ1) is 16.9. The molecule has 0 saturated heterocycles. The van der Waals surface area contributed by atoms with Crippen LogP contribution in [0.3, 0.4) is 0 Å². The summed E-state index contributed by atoms with van der Waals surface area (Å²) in [5.74, 6) is -0.362. The summed E-state index contributed by atoms with van der Waals surface area (Å²) in [6.07, 6.45) is 0. The molecule has 0 unspecified atom stereocenters. The summed E-state index contributed by atoms with van der Waals surface area (Å²) in [5.41, 5.74) is 8.49. The van der Waals surface area contributed by atoms with Gasteiger partial charge in [0.05, 0.1) is 18.5 Å². The van der Waals surface area contributed by atoms with Gasteiger partial charge in [-0.05, 0) is 12.1 Å². The van der Waals surface area contributed by atoms with E-state index in [1.165, 1.54) is 14.2 Å². The third kappa shape index (κ3) is 4.77. The Kier molecular flexibility index (Phi) is 6.33. The number of carbonyl (C=O) groups excluding carboxylic acids is 1. The van der Waals surface area contributed by atoms with Crippen LogP contribution in [0.5, 0.6) is 5.75 Å². The van der Waals surface area contributed by atoms with E-state index in [1.807, 2.05) is 0 Å². The molecule has 9 nitrogen and oxygen atoms in total. The number of benzene rings is 1. The van der Waals surface area contributed by atoms with E-state index in [0.29, 0.717) is 17.1 Å². The van der Waals surface area contributed by atoms with E-state index in [1.54, 1.807) is 24.3 Å². The maximum atomic E-state index is 11.5. The highest BCUT2D eigenvalue weighted by Crippen LogP contribution is 2.27. The summed E-state index contributed by atoms with van der Waals surface area (Å²) in [4.78, 5) is 11.5. The second kappa shape index (κ2) is 8.23. The van der Waals surface area contributed by atoms with Gasteiger partial charge in [-0.1, -0.05) is 0 Å². The van der Waals surface area contributed by atoms with Crippen molar-refractivity contribution in [2.24, 2.45) is 10.8 Å². The lowest BCUT2D eigenvalue weighted by Gasteiger charge is -2.11. The number of ether oxygens (including phenoxy) is 2. The van der Waals surface area contributed by atoms with Gasteiger partial charge in [-0.2, -0.15) is 10.4 Å². The van der Waals surface area contributed by atoms with Gasteiger partial charge in [0.2, 0.25) is 11.6 Å². The third-order valence-corrected chi connectivity index (χ3v) is 2.41. The normalized spacial score (nSPS) is 10.5. The van der Waals surface area contributed by atoms with Crippen molar-refractivity contribution in [1.29, 1.82) is 10.7 Å². The summed E-state index contributed by atoms with van der Waals surface area (Å²) in [5, 5.41) is 22.2. The zero-order valence-electron chi connectivity index (χ0n) is 12.1. The van der Waals surface area contributed by atoms with Gasteiger partial charge in [0.25, 0.3) is 0 Å². The Morgan fingerprint density at radius 3 is 2.77 bits per heavy atom. The number of anilines is 2. The molecule has 0 atom stereocenters. The molecule has 1 amide bonds. The monoisotopic (exact) mass is 304 g/mol. The summed E-state index contributed by atoms with van der Waals surface area (Å²) >= 11 is 0. The highest BCUT2D eigenvalue weighted by molar-refractivity contribution is 6.45. The van der Waals surface area contributed by atoms with Crippen LogP contribution >= 0.6 is 0 Å². The molecule has 0 fully saturated rings. The molecule has 1 aromatic carbocycles. The van der Waals surface area contributed by atoms with Gasteiger partial charge in [-0.25, -0.2) is 0 Å². The number of hydrazone groups is 1. The molecule has 9 heteroatoms. The van der Waals surface area contributed by atoms with Gasteiger partial charge in [-0.3, -0.25) is 15.6 Å². The summed E-state index contributed by atoms with van der Waals surface area (Å²) in [7, 11) is 2.87. The molecule has 0 aromatic heterocycles. The molecule has 0 saturated carbocycles. The lowest BCUT2D eigenvalue weighted by Crippen LogP contribution is -2.21. The maximum absolute atomic E-state index is 11.5. The SMILES string of the molecule is COCC(=O)Nc1ccc(N/N=C(\C#N)C(=N)N)cc1OC. The van der Waals surface area contributed by atoms with E-state index in [2.05, 4.69) is 15.8 Å². The Bertz CT molecular complexity index is 635. The molecule has 0 radical (unpaired) electrons. The number of methoxy groups -OCH3 is 2. The largest absolute Gasteiger partial charge is 0.494 e. The number of hydrogen-bond acceptors (Lipinski definition) is 7. The molecule has 0 spiro atoms. The number of hydrogen-bond donors (Lipinski definition) is 4. The van der Waals surface area contributed by atoms with E-state index in [4.69, 9.17) is 25.9 Å². The van der Waals surface area contributed by atoms with E-state index < -0.39 is 5.84 Å². The average Bonchev–Trinajstić information content (AvgIpc) is 2.49.